The lowest BCUT2D eigenvalue weighted by atomic mass is 10.0. The van der Waals surface area contributed by atoms with E-state index in [9.17, 15) is 14.7 Å². The number of aryl methyl sites for hydroxylation is 1. The number of benzene rings is 2. The summed E-state index contributed by atoms with van der Waals surface area (Å²) in [4.78, 5) is 29.1. The van der Waals surface area contributed by atoms with Crippen molar-refractivity contribution in [3.8, 4) is 5.75 Å². The van der Waals surface area contributed by atoms with Gasteiger partial charge in [0.15, 0.2) is 0 Å². The first-order valence-electron chi connectivity index (χ1n) is 12.8. The molecular weight excluding hydrogens is 440 g/mol. The number of ether oxygens (including phenoxy) is 1. The third kappa shape index (κ3) is 8.55. The zero-order valence-corrected chi connectivity index (χ0v) is 20.8. The molecule has 0 aliphatic heterocycles. The van der Waals surface area contributed by atoms with E-state index < -0.39 is 0 Å². The molecule has 2 N–H and O–H groups in total. The second kappa shape index (κ2) is 14.3. The molecule has 1 aromatic heterocycles. The van der Waals surface area contributed by atoms with Gasteiger partial charge in [-0.25, -0.2) is 0 Å². The fraction of sp³-hybridized carbons (Fsp3) is 0.448. The van der Waals surface area contributed by atoms with E-state index in [0.29, 0.717) is 25.2 Å². The quantitative estimate of drug-likeness (QED) is 0.293. The molecule has 0 saturated heterocycles. The predicted octanol–water partition coefficient (Wildman–Crippen LogP) is 5.22. The number of aromatic hydroxyl groups is 1. The Balaban J connectivity index is 1.39. The smallest absolute Gasteiger partial charge is 0.248 e. The van der Waals surface area contributed by atoms with Gasteiger partial charge in [0.1, 0.15) is 5.75 Å². The van der Waals surface area contributed by atoms with Crippen LogP contribution in [0.25, 0.3) is 10.9 Å². The van der Waals surface area contributed by atoms with Gasteiger partial charge in [-0.15, -0.1) is 0 Å². The van der Waals surface area contributed by atoms with Crippen molar-refractivity contribution in [2.75, 3.05) is 26.3 Å². The summed E-state index contributed by atoms with van der Waals surface area (Å²) < 4.78 is 5.72. The zero-order valence-electron chi connectivity index (χ0n) is 20.8. The summed E-state index contributed by atoms with van der Waals surface area (Å²) in [6.07, 6.45) is 7.17. The number of rotatable bonds is 15. The number of phenols is 1. The van der Waals surface area contributed by atoms with Gasteiger partial charge < -0.3 is 19.7 Å². The van der Waals surface area contributed by atoms with E-state index >= 15 is 0 Å². The summed E-state index contributed by atoms with van der Waals surface area (Å²) in [5, 5.41) is 10.9. The van der Waals surface area contributed by atoms with Gasteiger partial charge in [-0.2, -0.15) is 0 Å². The fourth-order valence-corrected chi connectivity index (χ4v) is 4.27. The van der Waals surface area contributed by atoms with Gasteiger partial charge in [0, 0.05) is 24.5 Å². The first-order valence-corrected chi connectivity index (χ1v) is 12.8. The predicted molar refractivity (Wildman–Crippen MR) is 141 cm³/mol. The average Bonchev–Trinajstić information content (AvgIpc) is 2.87. The van der Waals surface area contributed by atoms with Crippen LogP contribution in [-0.2, 0) is 22.4 Å². The molecule has 0 atom stereocenters. The SMILES string of the molecule is CCCCN(CCCCCc1ccc(O)c2[nH]c(=O)ccc12)C(=O)CCOCCc1ccccc1. The van der Waals surface area contributed by atoms with Gasteiger partial charge in [-0.05, 0) is 55.4 Å². The summed E-state index contributed by atoms with van der Waals surface area (Å²) in [6, 6.07) is 17.1. The molecule has 0 fully saturated rings. The number of carbonyl (C=O) groups excluding carboxylic acids is 1. The van der Waals surface area contributed by atoms with Crippen LogP contribution in [0.2, 0.25) is 0 Å². The van der Waals surface area contributed by atoms with Crippen LogP contribution in [-0.4, -0.2) is 47.2 Å². The molecule has 0 unspecified atom stereocenters. The van der Waals surface area contributed by atoms with E-state index in [1.807, 2.05) is 29.2 Å². The van der Waals surface area contributed by atoms with E-state index in [4.69, 9.17) is 4.74 Å². The lowest BCUT2D eigenvalue weighted by Gasteiger charge is -2.22. The highest BCUT2D eigenvalue weighted by atomic mass is 16.5. The van der Waals surface area contributed by atoms with Crippen molar-refractivity contribution < 1.29 is 14.6 Å². The Labute approximate surface area is 207 Å². The molecular formula is C29H38N2O4. The maximum atomic E-state index is 12.8. The average molecular weight is 479 g/mol. The number of pyridine rings is 1. The fourth-order valence-electron chi connectivity index (χ4n) is 4.27. The molecule has 1 heterocycles. The molecule has 3 rings (SSSR count). The summed E-state index contributed by atoms with van der Waals surface area (Å²) in [6.45, 7) is 4.81. The number of carbonyl (C=O) groups is 1. The largest absolute Gasteiger partial charge is 0.506 e. The third-order valence-corrected chi connectivity index (χ3v) is 6.31. The van der Waals surface area contributed by atoms with Crippen molar-refractivity contribution in [2.45, 2.75) is 58.3 Å². The number of nitrogens with one attached hydrogen (secondary N) is 1. The highest BCUT2D eigenvalue weighted by Crippen LogP contribution is 2.25. The lowest BCUT2D eigenvalue weighted by molar-refractivity contribution is -0.132. The first-order chi connectivity index (χ1) is 17.1. The summed E-state index contributed by atoms with van der Waals surface area (Å²) >= 11 is 0. The molecule has 35 heavy (non-hydrogen) atoms. The zero-order chi connectivity index (χ0) is 24.9. The van der Waals surface area contributed by atoms with Crippen molar-refractivity contribution in [1.82, 2.24) is 9.88 Å². The Bertz CT molecular complexity index is 1110. The highest BCUT2D eigenvalue weighted by Gasteiger charge is 2.13. The summed E-state index contributed by atoms with van der Waals surface area (Å²) in [5.74, 6) is 0.266. The molecule has 1 amide bonds. The van der Waals surface area contributed by atoms with Gasteiger partial charge in [0.25, 0.3) is 0 Å². The van der Waals surface area contributed by atoms with E-state index in [0.717, 1.165) is 69.0 Å². The van der Waals surface area contributed by atoms with Crippen molar-refractivity contribution in [3.05, 3.63) is 76.1 Å². The van der Waals surface area contributed by atoms with Crippen molar-refractivity contribution in [2.24, 2.45) is 0 Å². The number of hydrogen-bond donors (Lipinski definition) is 2. The molecule has 0 saturated carbocycles. The van der Waals surface area contributed by atoms with Gasteiger partial charge in [-0.1, -0.05) is 56.2 Å². The molecule has 188 valence electrons. The second-order valence-electron chi connectivity index (χ2n) is 9.00. The monoisotopic (exact) mass is 478 g/mol. The summed E-state index contributed by atoms with van der Waals surface area (Å²) in [5.41, 5.74) is 2.64. The normalized spacial score (nSPS) is 11.1. The molecule has 0 aliphatic carbocycles. The first kappa shape index (κ1) is 26.5. The van der Waals surface area contributed by atoms with Crippen LogP contribution in [0.4, 0.5) is 0 Å². The highest BCUT2D eigenvalue weighted by molar-refractivity contribution is 5.87. The van der Waals surface area contributed by atoms with E-state index in [2.05, 4.69) is 24.0 Å². The third-order valence-electron chi connectivity index (χ3n) is 6.31. The number of fused-ring (bicyclic) bond motifs is 1. The topological polar surface area (TPSA) is 82.6 Å². The standard InChI is InChI=1S/C29H38N2O4/c1-2-3-19-31(28(34)18-22-35-21-17-23-10-6-4-7-11-23)20-9-5-8-12-24-13-15-26(32)29-25(24)14-16-27(33)30-29/h4,6-7,10-11,13-16,32H,2-3,5,8-9,12,17-22H2,1H3,(H,30,33). The van der Waals surface area contributed by atoms with Crippen molar-refractivity contribution in [1.29, 1.82) is 0 Å². The number of phenolic OH excluding ortho intramolecular Hbond substituents is 1. The number of nitrogens with zero attached hydrogens (tertiary/aromatic N) is 1. The molecule has 0 radical (unpaired) electrons. The maximum Gasteiger partial charge on any atom is 0.248 e. The van der Waals surface area contributed by atoms with E-state index in [-0.39, 0.29) is 17.2 Å². The van der Waals surface area contributed by atoms with Crippen LogP contribution in [0.15, 0.2) is 59.4 Å². The van der Waals surface area contributed by atoms with Crippen LogP contribution in [0.3, 0.4) is 0 Å². The number of aromatic amines is 1. The Hall–Kier alpha value is -3.12. The lowest BCUT2D eigenvalue weighted by Crippen LogP contribution is -2.33. The van der Waals surface area contributed by atoms with Crippen LogP contribution in [0, 0.1) is 0 Å². The van der Waals surface area contributed by atoms with Crippen molar-refractivity contribution >= 4 is 16.8 Å². The Kier molecular flexibility index (Phi) is 10.8. The molecule has 6 heteroatoms. The number of amides is 1. The minimum atomic E-state index is -0.219. The summed E-state index contributed by atoms with van der Waals surface area (Å²) in [7, 11) is 0. The van der Waals surface area contributed by atoms with Gasteiger partial charge >= 0.3 is 0 Å². The van der Waals surface area contributed by atoms with Crippen LogP contribution in [0.5, 0.6) is 5.75 Å². The Morgan fingerprint density at radius 1 is 0.914 bits per heavy atom. The van der Waals surface area contributed by atoms with Crippen LogP contribution >= 0.6 is 0 Å². The molecule has 3 aromatic rings. The number of hydrogen-bond acceptors (Lipinski definition) is 4. The van der Waals surface area contributed by atoms with Gasteiger partial charge in [0.05, 0.1) is 25.2 Å². The molecule has 0 bridgehead atoms. The second-order valence-corrected chi connectivity index (χ2v) is 9.00. The van der Waals surface area contributed by atoms with E-state index in [1.54, 1.807) is 12.1 Å². The molecule has 2 aromatic carbocycles. The number of H-pyrrole nitrogens is 1. The van der Waals surface area contributed by atoms with Gasteiger partial charge in [0.2, 0.25) is 11.5 Å². The Morgan fingerprint density at radius 3 is 2.51 bits per heavy atom. The number of unbranched alkanes of at least 4 members (excludes halogenated alkanes) is 3. The van der Waals surface area contributed by atoms with Gasteiger partial charge in [-0.3, -0.25) is 9.59 Å². The minimum absolute atomic E-state index is 0.0931. The maximum absolute atomic E-state index is 12.8. The van der Waals surface area contributed by atoms with E-state index in [1.165, 1.54) is 11.6 Å². The van der Waals surface area contributed by atoms with Crippen molar-refractivity contribution in [3.63, 3.8) is 0 Å². The van der Waals surface area contributed by atoms with Crippen LogP contribution in [0.1, 0.15) is 56.6 Å². The molecule has 6 nitrogen and oxygen atoms in total. The Morgan fingerprint density at radius 2 is 1.71 bits per heavy atom. The van der Waals surface area contributed by atoms with Crippen LogP contribution < -0.4 is 5.56 Å². The minimum Gasteiger partial charge on any atom is -0.506 e. The number of aromatic nitrogens is 1. The molecule has 0 spiro atoms. The molecule has 0 aliphatic rings.